The smallest absolute Gasteiger partial charge is 0.267 e. The molecule has 4 atom stereocenters. The maximum atomic E-state index is 16.2. The van der Waals surface area contributed by atoms with Crippen molar-refractivity contribution in [1.82, 2.24) is 10.3 Å². The SMILES string of the molecule is CC(C)(C)C[C@@H]1N[C@@H](C(=O)Nc2ccc(C(N)=O)nc2)[C@H](c2cccc(CI)c2F)[C@]12C(=O)Nc1cc(Cl)ccc12. The molecule has 1 fully saturated rings. The van der Waals surface area contributed by atoms with E-state index in [2.05, 4.69) is 64.3 Å². The van der Waals surface area contributed by atoms with E-state index in [4.69, 9.17) is 17.3 Å². The average molecular weight is 690 g/mol. The van der Waals surface area contributed by atoms with E-state index >= 15 is 4.39 Å². The van der Waals surface area contributed by atoms with Crippen LogP contribution in [-0.2, 0) is 19.4 Å². The Labute approximate surface area is 256 Å². The molecule has 3 heterocycles. The van der Waals surface area contributed by atoms with Crippen LogP contribution in [0.15, 0.2) is 54.7 Å². The van der Waals surface area contributed by atoms with Crippen LogP contribution in [0.3, 0.4) is 0 Å². The minimum Gasteiger partial charge on any atom is -0.364 e. The summed E-state index contributed by atoms with van der Waals surface area (Å²) in [5.41, 5.74) is 6.11. The Balaban J connectivity index is 1.70. The Morgan fingerprint density at radius 2 is 1.95 bits per heavy atom. The summed E-state index contributed by atoms with van der Waals surface area (Å²) < 4.78 is 16.6. The lowest BCUT2D eigenvalue weighted by molar-refractivity contribution is -0.122. The van der Waals surface area contributed by atoms with Gasteiger partial charge in [0.25, 0.3) is 5.91 Å². The lowest BCUT2D eigenvalue weighted by Gasteiger charge is -2.37. The topological polar surface area (TPSA) is 126 Å². The third-order valence-electron chi connectivity index (χ3n) is 7.78. The molecule has 1 spiro atoms. The van der Waals surface area contributed by atoms with Crippen molar-refractivity contribution < 1.29 is 18.8 Å². The molecule has 5 N–H and O–H groups in total. The lowest BCUT2D eigenvalue weighted by atomic mass is 9.62. The van der Waals surface area contributed by atoms with E-state index in [1.54, 1.807) is 36.4 Å². The zero-order valence-corrected chi connectivity index (χ0v) is 25.6. The molecular weight excluding hydrogens is 660 g/mol. The first-order valence-electron chi connectivity index (χ1n) is 13.1. The molecule has 1 saturated heterocycles. The number of halogens is 3. The highest BCUT2D eigenvalue weighted by atomic mass is 127. The molecule has 0 unspecified atom stereocenters. The number of rotatable bonds is 6. The van der Waals surface area contributed by atoms with E-state index in [1.165, 1.54) is 18.3 Å². The normalized spacial score (nSPS) is 23.4. The Morgan fingerprint density at radius 1 is 1.20 bits per heavy atom. The molecule has 8 nitrogen and oxygen atoms in total. The van der Waals surface area contributed by atoms with E-state index in [0.717, 1.165) is 0 Å². The number of aromatic nitrogens is 1. The van der Waals surface area contributed by atoms with Crippen LogP contribution in [0.5, 0.6) is 0 Å². The molecule has 11 heteroatoms. The van der Waals surface area contributed by atoms with Crippen LogP contribution in [0.2, 0.25) is 5.02 Å². The van der Waals surface area contributed by atoms with E-state index in [0.29, 0.717) is 38.4 Å². The molecule has 2 aromatic carbocycles. The lowest BCUT2D eigenvalue weighted by Crippen LogP contribution is -2.49. The molecule has 3 amide bonds. The van der Waals surface area contributed by atoms with Crippen molar-refractivity contribution in [3.8, 4) is 0 Å². The van der Waals surface area contributed by atoms with E-state index in [-0.39, 0.29) is 22.6 Å². The third kappa shape index (κ3) is 5.21. The molecule has 0 saturated carbocycles. The van der Waals surface area contributed by atoms with Crippen molar-refractivity contribution in [2.24, 2.45) is 11.1 Å². The molecule has 214 valence electrons. The highest BCUT2D eigenvalue weighted by molar-refractivity contribution is 14.1. The fourth-order valence-electron chi connectivity index (χ4n) is 6.17. The molecule has 41 heavy (non-hydrogen) atoms. The van der Waals surface area contributed by atoms with Gasteiger partial charge in [-0.05, 0) is 52.8 Å². The van der Waals surface area contributed by atoms with Gasteiger partial charge in [0.2, 0.25) is 11.8 Å². The van der Waals surface area contributed by atoms with Crippen molar-refractivity contribution in [1.29, 1.82) is 0 Å². The van der Waals surface area contributed by atoms with Crippen LogP contribution in [0, 0.1) is 11.2 Å². The Hall–Kier alpha value is -3.09. The second-order valence-electron chi connectivity index (χ2n) is 11.7. The van der Waals surface area contributed by atoms with Crippen LogP contribution < -0.4 is 21.7 Å². The van der Waals surface area contributed by atoms with E-state index in [1.807, 2.05) is 0 Å². The van der Waals surface area contributed by atoms with Gasteiger partial charge in [0, 0.05) is 27.1 Å². The molecule has 0 bridgehead atoms. The largest absolute Gasteiger partial charge is 0.364 e. The maximum Gasteiger partial charge on any atom is 0.267 e. The van der Waals surface area contributed by atoms with E-state index < -0.39 is 41.0 Å². The van der Waals surface area contributed by atoms with Gasteiger partial charge in [-0.3, -0.25) is 14.4 Å². The fraction of sp³-hybridized carbons (Fsp3) is 0.333. The molecule has 3 aromatic rings. The molecular formula is C30H30ClFIN5O3. The number of pyridine rings is 1. The predicted molar refractivity (Wildman–Crippen MR) is 165 cm³/mol. The Bertz CT molecular complexity index is 1540. The van der Waals surface area contributed by atoms with Crippen molar-refractivity contribution in [3.05, 3.63) is 88.0 Å². The first kappa shape index (κ1) is 29.4. The van der Waals surface area contributed by atoms with Crippen LogP contribution in [0.4, 0.5) is 15.8 Å². The summed E-state index contributed by atoms with van der Waals surface area (Å²) in [6, 6.07) is 11.7. The fourth-order valence-corrected chi connectivity index (χ4v) is 6.93. The number of alkyl halides is 1. The molecule has 1 aromatic heterocycles. The maximum absolute atomic E-state index is 16.2. The summed E-state index contributed by atoms with van der Waals surface area (Å²) in [5.74, 6) is -2.82. The van der Waals surface area contributed by atoms with Crippen LogP contribution in [0.1, 0.15) is 60.3 Å². The standard InChI is InChI=1S/C30H30ClFIN5O3/c1-29(2,3)12-22-30(19-9-7-16(31)11-21(19)37-28(30)41)23(18-6-4-5-15(13-33)24(18)32)25(38-22)27(40)36-17-8-10-20(26(34)39)35-14-17/h4-11,14,22-23,25,38H,12-13H2,1-3H3,(H2,34,39)(H,36,40)(H,37,41)/t22-,23-,25+,30+/m0/s1. The van der Waals surface area contributed by atoms with Crippen molar-refractivity contribution >= 4 is 63.3 Å². The number of anilines is 2. The number of fused-ring (bicyclic) bond motifs is 2. The number of amides is 3. The zero-order valence-electron chi connectivity index (χ0n) is 22.7. The molecule has 0 radical (unpaired) electrons. The van der Waals surface area contributed by atoms with Gasteiger partial charge >= 0.3 is 0 Å². The number of nitrogens with one attached hydrogen (secondary N) is 3. The molecule has 2 aliphatic heterocycles. The number of carbonyl (C=O) groups excluding carboxylic acids is 3. The summed E-state index contributed by atoms with van der Waals surface area (Å²) in [5, 5.41) is 9.74. The Kier molecular flexibility index (Phi) is 7.86. The van der Waals surface area contributed by atoms with Gasteiger partial charge in [0.15, 0.2) is 0 Å². The number of benzene rings is 2. The van der Waals surface area contributed by atoms with Crippen molar-refractivity contribution in [3.63, 3.8) is 0 Å². The van der Waals surface area contributed by atoms with Crippen LogP contribution >= 0.6 is 34.2 Å². The monoisotopic (exact) mass is 689 g/mol. The molecule has 2 aliphatic rings. The minimum atomic E-state index is -1.31. The van der Waals surface area contributed by atoms with Gasteiger partial charge in [0.05, 0.1) is 17.9 Å². The summed E-state index contributed by atoms with van der Waals surface area (Å²) in [6.45, 7) is 6.18. The number of primary amides is 1. The number of nitrogens with two attached hydrogens (primary N) is 1. The number of carbonyl (C=O) groups is 3. The van der Waals surface area contributed by atoms with Crippen molar-refractivity contribution in [2.75, 3.05) is 10.6 Å². The summed E-state index contributed by atoms with van der Waals surface area (Å²) in [6.07, 6.45) is 1.85. The quantitative estimate of drug-likeness (QED) is 0.207. The van der Waals surface area contributed by atoms with Gasteiger partial charge in [-0.1, -0.05) is 79.2 Å². The van der Waals surface area contributed by atoms with Gasteiger partial charge in [-0.25, -0.2) is 9.37 Å². The number of hydrogen-bond acceptors (Lipinski definition) is 5. The van der Waals surface area contributed by atoms with E-state index in [9.17, 15) is 14.4 Å². The first-order valence-corrected chi connectivity index (χ1v) is 15.0. The first-order chi connectivity index (χ1) is 19.4. The minimum absolute atomic E-state index is 0.0552. The number of hydrogen-bond donors (Lipinski definition) is 4. The Morgan fingerprint density at radius 3 is 2.59 bits per heavy atom. The highest BCUT2D eigenvalue weighted by Crippen LogP contribution is 2.57. The van der Waals surface area contributed by atoms with Crippen molar-refractivity contribution in [2.45, 2.75) is 55.0 Å². The van der Waals surface area contributed by atoms with Gasteiger partial charge < -0.3 is 21.7 Å². The third-order valence-corrected chi connectivity index (χ3v) is 8.83. The van der Waals surface area contributed by atoms with Gasteiger partial charge in [-0.15, -0.1) is 0 Å². The predicted octanol–water partition coefficient (Wildman–Crippen LogP) is 5.30. The van der Waals surface area contributed by atoms with Crippen LogP contribution in [0.25, 0.3) is 0 Å². The van der Waals surface area contributed by atoms with Gasteiger partial charge in [-0.2, -0.15) is 0 Å². The van der Waals surface area contributed by atoms with Crippen LogP contribution in [-0.4, -0.2) is 34.8 Å². The average Bonchev–Trinajstić information content (AvgIpc) is 3.38. The molecule has 0 aliphatic carbocycles. The summed E-state index contributed by atoms with van der Waals surface area (Å²) in [7, 11) is 0. The second kappa shape index (κ2) is 11.0. The number of nitrogens with zero attached hydrogens (tertiary/aromatic N) is 1. The summed E-state index contributed by atoms with van der Waals surface area (Å²) >= 11 is 8.40. The summed E-state index contributed by atoms with van der Waals surface area (Å²) in [4.78, 5) is 43.7. The molecule has 5 rings (SSSR count). The zero-order chi connectivity index (χ0) is 29.7. The van der Waals surface area contributed by atoms with Gasteiger partial charge in [0.1, 0.15) is 16.9 Å². The second-order valence-corrected chi connectivity index (χ2v) is 12.9. The highest BCUT2D eigenvalue weighted by Gasteiger charge is 2.66.